The normalized spacial score (nSPS) is 12.7. The first-order valence-electron chi connectivity index (χ1n) is 4.83. The zero-order chi connectivity index (χ0) is 11.5. The van der Waals surface area contributed by atoms with Crippen LogP contribution in [-0.2, 0) is 7.05 Å². The quantitative estimate of drug-likeness (QED) is 0.873. The molecular weight excluding hydrogens is 224 g/mol. The van der Waals surface area contributed by atoms with Gasteiger partial charge in [0.25, 0.3) is 0 Å². The second-order valence-corrected chi connectivity index (χ2v) is 4.36. The maximum Gasteiger partial charge on any atom is 0.197 e. The highest BCUT2D eigenvalue weighted by Gasteiger charge is 2.12. The Balaban J connectivity index is 2.31. The van der Waals surface area contributed by atoms with Crippen LogP contribution in [0.3, 0.4) is 0 Å². The molecule has 0 bridgehead atoms. The molecule has 2 heterocycles. The Morgan fingerprint density at radius 1 is 1.50 bits per heavy atom. The molecule has 2 aromatic heterocycles. The van der Waals surface area contributed by atoms with Crippen molar-refractivity contribution in [2.45, 2.75) is 23.2 Å². The van der Waals surface area contributed by atoms with Crippen molar-refractivity contribution in [3.8, 4) is 0 Å². The van der Waals surface area contributed by atoms with Crippen LogP contribution in [0.5, 0.6) is 0 Å². The first-order chi connectivity index (χ1) is 7.68. The molecule has 0 radical (unpaired) electrons. The highest BCUT2D eigenvalue weighted by atomic mass is 32.2. The van der Waals surface area contributed by atoms with E-state index in [2.05, 4.69) is 15.2 Å². The van der Waals surface area contributed by atoms with Crippen molar-refractivity contribution >= 4 is 11.8 Å². The fourth-order valence-electron chi connectivity index (χ4n) is 1.26. The van der Waals surface area contributed by atoms with E-state index in [1.165, 1.54) is 11.8 Å². The minimum Gasteiger partial charge on any atom is -0.389 e. The van der Waals surface area contributed by atoms with E-state index in [4.69, 9.17) is 0 Å². The molecule has 0 unspecified atom stereocenters. The lowest BCUT2D eigenvalue weighted by atomic mass is 10.2. The summed E-state index contributed by atoms with van der Waals surface area (Å²) in [6.45, 7) is 1.72. The average Bonchev–Trinajstić information content (AvgIpc) is 2.65. The lowest BCUT2D eigenvalue weighted by Crippen LogP contribution is -1.97. The fraction of sp³-hybridized carbons (Fsp3) is 0.300. The van der Waals surface area contributed by atoms with Gasteiger partial charge in [0.1, 0.15) is 11.4 Å². The maximum absolute atomic E-state index is 9.61. The van der Waals surface area contributed by atoms with Gasteiger partial charge in [-0.25, -0.2) is 4.98 Å². The van der Waals surface area contributed by atoms with Gasteiger partial charge in [-0.15, -0.1) is 10.2 Å². The van der Waals surface area contributed by atoms with Crippen molar-refractivity contribution in [1.29, 1.82) is 0 Å². The fourth-order valence-corrected chi connectivity index (χ4v) is 2.18. The van der Waals surface area contributed by atoms with Crippen molar-refractivity contribution < 1.29 is 5.11 Å². The summed E-state index contributed by atoms with van der Waals surface area (Å²) in [4.78, 5) is 4.24. The van der Waals surface area contributed by atoms with E-state index in [1.807, 2.05) is 23.7 Å². The van der Waals surface area contributed by atoms with Crippen LogP contribution >= 0.6 is 11.8 Å². The van der Waals surface area contributed by atoms with E-state index in [0.29, 0.717) is 0 Å². The smallest absolute Gasteiger partial charge is 0.197 e. The van der Waals surface area contributed by atoms with Crippen LogP contribution < -0.4 is 0 Å². The van der Waals surface area contributed by atoms with Gasteiger partial charge in [-0.05, 0) is 24.8 Å². The lowest BCUT2D eigenvalue weighted by molar-refractivity contribution is 0.195. The molecule has 0 saturated carbocycles. The summed E-state index contributed by atoms with van der Waals surface area (Å²) < 4.78 is 1.81. The molecule has 1 atom stereocenters. The van der Waals surface area contributed by atoms with Gasteiger partial charge in [0, 0.05) is 18.8 Å². The highest BCUT2D eigenvalue weighted by molar-refractivity contribution is 7.99. The number of hydrogen-bond acceptors (Lipinski definition) is 5. The standard InChI is InChI=1S/C10H12N4OS/c1-7(15)8-4-3-5-11-9(8)16-10-13-12-6-14(10)2/h3-7,15H,1-2H3/t7-/m0/s1. The Morgan fingerprint density at radius 2 is 2.31 bits per heavy atom. The molecule has 2 aromatic rings. The lowest BCUT2D eigenvalue weighted by Gasteiger charge is -2.09. The molecule has 0 spiro atoms. The number of aryl methyl sites for hydroxylation is 1. The van der Waals surface area contributed by atoms with Gasteiger partial charge in [0.15, 0.2) is 5.16 Å². The molecule has 6 heteroatoms. The molecule has 0 aliphatic rings. The van der Waals surface area contributed by atoms with Gasteiger partial charge in [-0.3, -0.25) is 0 Å². The second kappa shape index (κ2) is 4.63. The Labute approximate surface area is 97.5 Å². The topological polar surface area (TPSA) is 63.8 Å². The minimum atomic E-state index is -0.538. The van der Waals surface area contributed by atoms with Gasteiger partial charge in [0.2, 0.25) is 0 Å². The van der Waals surface area contributed by atoms with E-state index in [0.717, 1.165) is 15.7 Å². The Bertz CT molecular complexity index is 483. The van der Waals surface area contributed by atoms with E-state index >= 15 is 0 Å². The third-order valence-corrected chi connectivity index (χ3v) is 3.20. The van der Waals surface area contributed by atoms with E-state index in [1.54, 1.807) is 19.4 Å². The highest BCUT2D eigenvalue weighted by Crippen LogP contribution is 2.29. The monoisotopic (exact) mass is 236 g/mol. The largest absolute Gasteiger partial charge is 0.389 e. The van der Waals surface area contributed by atoms with E-state index in [9.17, 15) is 5.11 Å². The molecule has 0 aliphatic heterocycles. The summed E-state index contributed by atoms with van der Waals surface area (Å²) >= 11 is 1.39. The minimum absolute atomic E-state index is 0.538. The zero-order valence-electron chi connectivity index (χ0n) is 9.03. The first-order valence-corrected chi connectivity index (χ1v) is 5.65. The van der Waals surface area contributed by atoms with Gasteiger partial charge in [-0.1, -0.05) is 6.07 Å². The molecule has 0 saturated heterocycles. The van der Waals surface area contributed by atoms with Crippen molar-refractivity contribution in [2.24, 2.45) is 7.05 Å². The number of aliphatic hydroxyl groups excluding tert-OH is 1. The predicted molar refractivity (Wildman–Crippen MR) is 60.0 cm³/mol. The number of aromatic nitrogens is 4. The van der Waals surface area contributed by atoms with Crippen LogP contribution in [0.4, 0.5) is 0 Å². The summed E-state index contributed by atoms with van der Waals surface area (Å²) in [5.74, 6) is 0. The van der Waals surface area contributed by atoms with E-state index in [-0.39, 0.29) is 0 Å². The van der Waals surface area contributed by atoms with Crippen molar-refractivity contribution in [1.82, 2.24) is 19.7 Å². The Kier molecular flexibility index (Phi) is 3.21. The number of aliphatic hydroxyl groups is 1. The molecular formula is C10H12N4OS. The summed E-state index contributed by atoms with van der Waals surface area (Å²) in [5.41, 5.74) is 0.801. The van der Waals surface area contributed by atoms with Crippen molar-refractivity contribution in [2.75, 3.05) is 0 Å². The van der Waals surface area contributed by atoms with Crippen LogP contribution in [-0.4, -0.2) is 24.9 Å². The summed E-state index contributed by atoms with van der Waals surface area (Å²) in [5, 5.41) is 18.9. The molecule has 84 valence electrons. The van der Waals surface area contributed by atoms with Crippen LogP contribution in [0, 0.1) is 0 Å². The van der Waals surface area contributed by atoms with Crippen LogP contribution in [0.25, 0.3) is 0 Å². The summed E-state index contributed by atoms with van der Waals surface area (Å²) in [7, 11) is 1.87. The van der Waals surface area contributed by atoms with Crippen LogP contribution in [0.2, 0.25) is 0 Å². The third kappa shape index (κ3) is 2.23. The van der Waals surface area contributed by atoms with Gasteiger partial charge >= 0.3 is 0 Å². The third-order valence-electron chi connectivity index (χ3n) is 2.11. The van der Waals surface area contributed by atoms with Crippen LogP contribution in [0.15, 0.2) is 34.8 Å². The van der Waals surface area contributed by atoms with Gasteiger partial charge < -0.3 is 9.67 Å². The van der Waals surface area contributed by atoms with E-state index < -0.39 is 6.10 Å². The van der Waals surface area contributed by atoms with Crippen molar-refractivity contribution in [3.63, 3.8) is 0 Å². The Hall–Kier alpha value is -1.40. The number of rotatable bonds is 3. The zero-order valence-corrected chi connectivity index (χ0v) is 9.85. The number of nitrogens with zero attached hydrogens (tertiary/aromatic N) is 4. The van der Waals surface area contributed by atoms with Gasteiger partial charge in [-0.2, -0.15) is 0 Å². The second-order valence-electron chi connectivity index (χ2n) is 3.40. The molecule has 16 heavy (non-hydrogen) atoms. The molecule has 5 nitrogen and oxygen atoms in total. The summed E-state index contributed by atoms with van der Waals surface area (Å²) in [6.07, 6.45) is 2.79. The molecule has 0 aromatic carbocycles. The Morgan fingerprint density at radius 3 is 2.94 bits per heavy atom. The van der Waals surface area contributed by atoms with Crippen LogP contribution in [0.1, 0.15) is 18.6 Å². The van der Waals surface area contributed by atoms with Gasteiger partial charge in [0.05, 0.1) is 6.10 Å². The number of hydrogen-bond donors (Lipinski definition) is 1. The SMILES string of the molecule is C[C@H](O)c1cccnc1Sc1nncn1C. The molecule has 0 fully saturated rings. The average molecular weight is 236 g/mol. The molecule has 0 aliphatic carbocycles. The molecule has 2 rings (SSSR count). The summed E-state index contributed by atoms with van der Waals surface area (Å²) in [6, 6.07) is 3.67. The molecule has 0 amide bonds. The predicted octanol–water partition coefficient (Wildman–Crippen LogP) is 1.41. The molecule has 1 N–H and O–H groups in total. The van der Waals surface area contributed by atoms with Crippen molar-refractivity contribution in [3.05, 3.63) is 30.2 Å². The maximum atomic E-state index is 9.61. The number of pyridine rings is 1. The first kappa shape index (κ1) is 11.1.